The van der Waals surface area contributed by atoms with Crippen molar-refractivity contribution in [1.82, 2.24) is 9.88 Å². The number of aromatic carboxylic acids is 1. The molecule has 0 saturated carbocycles. The van der Waals surface area contributed by atoms with Crippen LogP contribution in [0.1, 0.15) is 17.3 Å². The maximum atomic E-state index is 11.5. The van der Waals surface area contributed by atoms with Crippen LogP contribution < -0.4 is 5.32 Å². The molecule has 1 aliphatic rings. The van der Waals surface area contributed by atoms with Gasteiger partial charge in [0.25, 0.3) is 0 Å². The highest BCUT2D eigenvalue weighted by Gasteiger charge is 2.16. The lowest BCUT2D eigenvalue weighted by Crippen LogP contribution is -2.40. The first kappa shape index (κ1) is 16.7. The molecule has 1 aromatic carbocycles. The summed E-state index contributed by atoms with van der Waals surface area (Å²) in [6.07, 6.45) is 1.71. The van der Waals surface area contributed by atoms with Crippen LogP contribution in [0.25, 0.3) is 10.8 Å². The number of hydrogen-bond acceptors (Lipinski definition) is 5. The van der Waals surface area contributed by atoms with Crippen molar-refractivity contribution in [3.8, 4) is 0 Å². The molecule has 2 heterocycles. The van der Waals surface area contributed by atoms with E-state index >= 15 is 0 Å². The maximum Gasteiger partial charge on any atom is 0.336 e. The minimum atomic E-state index is -0.932. The molecular weight excluding hydrogens is 306 g/mol. The molecular formula is C18H23N3O3. The van der Waals surface area contributed by atoms with Crippen LogP contribution in [0.2, 0.25) is 0 Å². The molecule has 2 N–H and O–H groups in total. The fourth-order valence-corrected chi connectivity index (χ4v) is 3.10. The first-order valence-corrected chi connectivity index (χ1v) is 8.30. The summed E-state index contributed by atoms with van der Waals surface area (Å²) in [7, 11) is 0. The third-order valence-corrected chi connectivity index (χ3v) is 4.31. The number of carboxylic acid groups (broad SMARTS) is 1. The number of rotatable bonds is 6. The largest absolute Gasteiger partial charge is 0.478 e. The highest BCUT2D eigenvalue weighted by molar-refractivity contribution is 6.08. The number of carbonyl (C=O) groups is 1. The van der Waals surface area contributed by atoms with Gasteiger partial charge in [-0.2, -0.15) is 0 Å². The molecule has 3 rings (SSSR count). The Hall–Kier alpha value is -2.18. The second-order valence-electron chi connectivity index (χ2n) is 6.27. The highest BCUT2D eigenvalue weighted by Crippen LogP contribution is 2.25. The fraction of sp³-hybridized carbons (Fsp3) is 0.444. The minimum Gasteiger partial charge on any atom is -0.478 e. The van der Waals surface area contributed by atoms with E-state index in [0.29, 0.717) is 17.1 Å². The number of benzene rings is 1. The van der Waals surface area contributed by atoms with Gasteiger partial charge >= 0.3 is 5.97 Å². The predicted octanol–water partition coefficient (Wildman–Crippen LogP) is 2.31. The Kier molecular flexibility index (Phi) is 5.27. The van der Waals surface area contributed by atoms with Crippen LogP contribution in [0.5, 0.6) is 0 Å². The van der Waals surface area contributed by atoms with Gasteiger partial charge in [0.2, 0.25) is 0 Å². The fourth-order valence-electron chi connectivity index (χ4n) is 3.10. The first-order chi connectivity index (χ1) is 11.6. The summed E-state index contributed by atoms with van der Waals surface area (Å²) in [6.45, 7) is 7.47. The SMILES string of the molecule is CC(CNc1nccc2cccc(C(=O)O)c12)CN1CCOCC1. The molecule has 1 saturated heterocycles. The van der Waals surface area contributed by atoms with E-state index in [1.807, 2.05) is 12.1 Å². The molecule has 0 radical (unpaired) electrons. The molecule has 1 fully saturated rings. The zero-order valence-electron chi connectivity index (χ0n) is 13.9. The minimum absolute atomic E-state index is 0.281. The number of morpholine rings is 1. The standard InChI is InChI=1S/C18H23N3O3/c1-13(12-21-7-9-24-10-8-21)11-20-17-16-14(5-6-19-17)3-2-4-15(16)18(22)23/h2-6,13H,7-12H2,1H3,(H,19,20)(H,22,23). The van der Waals surface area contributed by atoms with Gasteiger partial charge in [-0.25, -0.2) is 9.78 Å². The summed E-state index contributed by atoms with van der Waals surface area (Å²) >= 11 is 0. The van der Waals surface area contributed by atoms with Crippen molar-refractivity contribution in [3.05, 3.63) is 36.0 Å². The molecule has 1 aromatic heterocycles. The van der Waals surface area contributed by atoms with E-state index in [2.05, 4.69) is 22.1 Å². The van der Waals surface area contributed by atoms with Gasteiger partial charge in [-0.3, -0.25) is 4.90 Å². The van der Waals surface area contributed by atoms with E-state index in [9.17, 15) is 9.90 Å². The Balaban J connectivity index is 1.71. The number of anilines is 1. The van der Waals surface area contributed by atoms with Crippen LogP contribution in [0.3, 0.4) is 0 Å². The predicted molar refractivity (Wildman–Crippen MR) is 93.6 cm³/mol. The van der Waals surface area contributed by atoms with Crippen LogP contribution in [-0.2, 0) is 4.74 Å². The molecule has 1 unspecified atom stereocenters. The third kappa shape index (κ3) is 3.83. The van der Waals surface area contributed by atoms with Gasteiger partial charge in [0.15, 0.2) is 0 Å². The van der Waals surface area contributed by atoms with Crippen molar-refractivity contribution in [2.24, 2.45) is 5.92 Å². The van der Waals surface area contributed by atoms with Crippen molar-refractivity contribution < 1.29 is 14.6 Å². The number of ether oxygens (including phenoxy) is 1. The van der Waals surface area contributed by atoms with Crippen LogP contribution in [-0.4, -0.2) is 60.4 Å². The molecule has 2 aromatic rings. The zero-order chi connectivity index (χ0) is 16.9. The normalized spacial score (nSPS) is 16.9. The lowest BCUT2D eigenvalue weighted by atomic mass is 10.1. The summed E-state index contributed by atoms with van der Waals surface area (Å²) in [6, 6.07) is 7.13. The molecule has 0 spiro atoms. The summed E-state index contributed by atoms with van der Waals surface area (Å²) < 4.78 is 5.37. The van der Waals surface area contributed by atoms with Crippen LogP contribution in [0.4, 0.5) is 5.82 Å². The van der Waals surface area contributed by atoms with Crippen molar-refractivity contribution in [3.63, 3.8) is 0 Å². The Morgan fingerprint density at radius 3 is 2.92 bits per heavy atom. The van der Waals surface area contributed by atoms with E-state index in [1.54, 1.807) is 18.3 Å². The Morgan fingerprint density at radius 2 is 2.17 bits per heavy atom. The van der Waals surface area contributed by atoms with Crippen molar-refractivity contribution >= 4 is 22.6 Å². The number of aromatic nitrogens is 1. The van der Waals surface area contributed by atoms with Crippen molar-refractivity contribution in [1.29, 1.82) is 0 Å². The second kappa shape index (κ2) is 7.59. The molecule has 24 heavy (non-hydrogen) atoms. The quantitative estimate of drug-likeness (QED) is 0.847. The average Bonchev–Trinajstić information content (AvgIpc) is 2.60. The smallest absolute Gasteiger partial charge is 0.336 e. The summed E-state index contributed by atoms with van der Waals surface area (Å²) in [4.78, 5) is 18.3. The number of hydrogen-bond donors (Lipinski definition) is 2. The number of fused-ring (bicyclic) bond motifs is 1. The van der Waals surface area contributed by atoms with E-state index in [4.69, 9.17) is 4.74 Å². The van der Waals surface area contributed by atoms with E-state index < -0.39 is 5.97 Å². The highest BCUT2D eigenvalue weighted by atomic mass is 16.5. The number of nitrogens with zero attached hydrogens (tertiary/aromatic N) is 2. The van der Waals surface area contributed by atoms with Crippen LogP contribution in [0, 0.1) is 5.92 Å². The maximum absolute atomic E-state index is 11.5. The van der Waals surface area contributed by atoms with Gasteiger partial charge in [-0.05, 0) is 23.4 Å². The van der Waals surface area contributed by atoms with E-state index in [0.717, 1.165) is 44.8 Å². The van der Waals surface area contributed by atoms with Crippen LogP contribution in [0.15, 0.2) is 30.5 Å². The molecule has 6 nitrogen and oxygen atoms in total. The first-order valence-electron chi connectivity index (χ1n) is 8.30. The summed E-state index contributed by atoms with van der Waals surface area (Å²) in [5.74, 6) is 0.134. The molecule has 1 aliphatic heterocycles. The van der Waals surface area contributed by atoms with Gasteiger partial charge in [0.1, 0.15) is 5.82 Å². The molecule has 0 aliphatic carbocycles. The van der Waals surface area contributed by atoms with Gasteiger partial charge in [0.05, 0.1) is 18.8 Å². The topological polar surface area (TPSA) is 74.7 Å². The van der Waals surface area contributed by atoms with Gasteiger partial charge in [0, 0.05) is 37.8 Å². The number of pyridine rings is 1. The molecule has 6 heteroatoms. The van der Waals surface area contributed by atoms with Gasteiger partial charge < -0.3 is 15.2 Å². The number of carboxylic acids is 1. The molecule has 128 valence electrons. The lowest BCUT2D eigenvalue weighted by molar-refractivity contribution is 0.0325. The second-order valence-corrected chi connectivity index (χ2v) is 6.27. The monoisotopic (exact) mass is 329 g/mol. The average molecular weight is 329 g/mol. The Morgan fingerprint density at radius 1 is 1.38 bits per heavy atom. The number of nitrogens with one attached hydrogen (secondary N) is 1. The lowest BCUT2D eigenvalue weighted by Gasteiger charge is -2.29. The summed E-state index contributed by atoms with van der Waals surface area (Å²) in [5, 5.41) is 14.3. The molecule has 0 amide bonds. The van der Waals surface area contributed by atoms with Crippen molar-refractivity contribution in [2.75, 3.05) is 44.7 Å². The molecule has 0 bridgehead atoms. The van der Waals surface area contributed by atoms with Crippen molar-refractivity contribution in [2.45, 2.75) is 6.92 Å². The van der Waals surface area contributed by atoms with Gasteiger partial charge in [-0.1, -0.05) is 19.1 Å². The Bertz CT molecular complexity index is 708. The van der Waals surface area contributed by atoms with E-state index in [1.165, 1.54) is 0 Å². The third-order valence-electron chi connectivity index (χ3n) is 4.31. The summed E-state index contributed by atoms with van der Waals surface area (Å²) in [5.41, 5.74) is 0.281. The molecule has 1 atom stereocenters. The Labute approximate surface area is 141 Å². The van der Waals surface area contributed by atoms with E-state index in [-0.39, 0.29) is 5.56 Å². The van der Waals surface area contributed by atoms with Crippen LogP contribution >= 0.6 is 0 Å². The zero-order valence-corrected chi connectivity index (χ0v) is 13.9. The van der Waals surface area contributed by atoms with Gasteiger partial charge in [-0.15, -0.1) is 0 Å².